The number of benzene rings is 2. The molecule has 0 atom stereocenters. The lowest BCUT2D eigenvalue weighted by atomic mass is 9.92. The van der Waals surface area contributed by atoms with Crippen molar-refractivity contribution in [1.82, 2.24) is 4.98 Å². The third-order valence-electron chi connectivity index (χ3n) is 5.11. The number of nitrogens with zero attached hydrogens (tertiary/aromatic N) is 1. The van der Waals surface area contributed by atoms with E-state index in [4.69, 9.17) is 37.4 Å². The number of aryl methyl sites for hydroxylation is 2. The maximum atomic E-state index is 12.8. The topological polar surface area (TPSA) is 74.7 Å². The first-order valence-corrected chi connectivity index (χ1v) is 11.6. The van der Waals surface area contributed by atoms with E-state index in [0.717, 1.165) is 0 Å². The molecule has 0 saturated carbocycles. The number of hydrogen-bond acceptors (Lipinski definition) is 6. The van der Waals surface area contributed by atoms with Crippen molar-refractivity contribution in [2.45, 2.75) is 34.3 Å². The summed E-state index contributed by atoms with van der Waals surface area (Å²) in [6, 6.07) is 12.3. The molecule has 0 amide bonds. The lowest BCUT2D eigenvalue weighted by Crippen LogP contribution is -2.17. The lowest BCUT2D eigenvalue weighted by Gasteiger charge is -2.18. The Labute approximate surface area is 208 Å². The van der Waals surface area contributed by atoms with Gasteiger partial charge in [-0.15, -0.1) is 0 Å². The summed E-state index contributed by atoms with van der Waals surface area (Å²) < 4.78 is 16.4. The van der Waals surface area contributed by atoms with E-state index < -0.39 is 11.9 Å². The molecule has 1 aromatic heterocycles. The van der Waals surface area contributed by atoms with Crippen molar-refractivity contribution in [3.05, 3.63) is 80.6 Å². The highest BCUT2D eigenvalue weighted by molar-refractivity contribution is 6.35. The number of esters is 2. The summed E-state index contributed by atoms with van der Waals surface area (Å²) in [5, 5.41) is 1.04. The normalized spacial score (nSPS) is 10.6. The van der Waals surface area contributed by atoms with Gasteiger partial charge in [-0.3, -0.25) is 4.98 Å². The molecule has 3 aromatic rings. The van der Waals surface area contributed by atoms with E-state index in [1.807, 2.05) is 0 Å². The smallest absolute Gasteiger partial charge is 0.340 e. The van der Waals surface area contributed by atoms with E-state index in [-0.39, 0.29) is 30.9 Å². The molecule has 0 unspecified atom stereocenters. The summed E-state index contributed by atoms with van der Waals surface area (Å²) in [5.41, 5.74) is 3.12. The number of ether oxygens (including phenoxy) is 3. The Hall–Kier alpha value is -3.09. The number of pyridine rings is 1. The summed E-state index contributed by atoms with van der Waals surface area (Å²) in [5.74, 6) is -0.541. The van der Waals surface area contributed by atoms with Gasteiger partial charge >= 0.3 is 11.9 Å². The number of carbonyl (C=O) groups excluding carboxylic acids is 2. The second kappa shape index (κ2) is 11.4. The molecule has 0 N–H and O–H groups in total. The Bertz CT molecular complexity index is 1150. The van der Waals surface area contributed by atoms with Crippen LogP contribution in [0.4, 0.5) is 0 Å². The van der Waals surface area contributed by atoms with Gasteiger partial charge in [0.2, 0.25) is 0 Å². The predicted octanol–water partition coefficient (Wildman–Crippen LogP) is 6.60. The van der Waals surface area contributed by atoms with E-state index in [0.29, 0.717) is 43.9 Å². The van der Waals surface area contributed by atoms with Crippen LogP contribution in [0.15, 0.2) is 42.5 Å². The van der Waals surface area contributed by atoms with Crippen LogP contribution in [0, 0.1) is 13.8 Å². The number of aromatic nitrogens is 1. The zero-order valence-corrected chi connectivity index (χ0v) is 20.9. The van der Waals surface area contributed by atoms with Gasteiger partial charge < -0.3 is 14.2 Å². The van der Waals surface area contributed by atoms with Crippen molar-refractivity contribution in [2.75, 3.05) is 13.2 Å². The Morgan fingerprint density at radius 3 is 1.79 bits per heavy atom. The van der Waals surface area contributed by atoms with Gasteiger partial charge in [0.05, 0.1) is 35.7 Å². The van der Waals surface area contributed by atoms with Crippen LogP contribution in [0.1, 0.15) is 51.5 Å². The molecule has 0 radical (unpaired) electrons. The fraction of sp³-hybridized carbons (Fsp3) is 0.269. The molecule has 0 bridgehead atoms. The fourth-order valence-electron chi connectivity index (χ4n) is 3.59. The first-order chi connectivity index (χ1) is 16.3. The first kappa shape index (κ1) is 25.5. The van der Waals surface area contributed by atoms with E-state index in [1.54, 1.807) is 70.2 Å². The summed E-state index contributed by atoms with van der Waals surface area (Å²) in [6.45, 7) is 7.43. The SMILES string of the molecule is CCOC(=O)c1c(C)nc(C)c(C(=O)OCC)c1-c1ccc(OCc2c(Cl)cccc2Cl)cc1. The molecule has 0 aliphatic heterocycles. The number of carbonyl (C=O) groups is 2. The van der Waals surface area contributed by atoms with Gasteiger partial charge in [0.25, 0.3) is 0 Å². The molecule has 2 aromatic carbocycles. The van der Waals surface area contributed by atoms with Crippen molar-refractivity contribution < 1.29 is 23.8 Å². The maximum Gasteiger partial charge on any atom is 0.340 e. The third kappa shape index (κ3) is 5.51. The molecular weight excluding hydrogens is 477 g/mol. The van der Waals surface area contributed by atoms with Crippen LogP contribution in [-0.2, 0) is 16.1 Å². The largest absolute Gasteiger partial charge is 0.489 e. The second-order valence-electron chi connectivity index (χ2n) is 7.36. The molecule has 1 heterocycles. The standard InChI is InChI=1S/C26H25Cl2NO5/c1-5-32-25(30)22-15(3)29-16(4)23(26(31)33-6-2)24(22)17-10-12-18(13-11-17)34-14-19-20(27)8-7-9-21(19)28/h7-13H,5-6,14H2,1-4H3. The van der Waals surface area contributed by atoms with Gasteiger partial charge in [-0.05, 0) is 57.5 Å². The van der Waals surface area contributed by atoms with Crippen molar-refractivity contribution in [3.63, 3.8) is 0 Å². The molecule has 34 heavy (non-hydrogen) atoms. The van der Waals surface area contributed by atoms with E-state index >= 15 is 0 Å². The molecule has 0 aliphatic rings. The van der Waals surface area contributed by atoms with Gasteiger partial charge in [-0.25, -0.2) is 9.59 Å². The molecule has 178 valence electrons. The first-order valence-electron chi connectivity index (χ1n) is 10.8. The highest BCUT2D eigenvalue weighted by Gasteiger charge is 2.27. The van der Waals surface area contributed by atoms with Crippen LogP contribution in [0.3, 0.4) is 0 Å². The van der Waals surface area contributed by atoms with Crippen LogP contribution >= 0.6 is 23.2 Å². The van der Waals surface area contributed by atoms with Gasteiger partial charge in [0.15, 0.2) is 0 Å². The van der Waals surface area contributed by atoms with Crippen LogP contribution < -0.4 is 4.74 Å². The molecule has 0 spiro atoms. The Kier molecular flexibility index (Phi) is 8.53. The average Bonchev–Trinajstić information content (AvgIpc) is 2.79. The number of halogens is 2. The Morgan fingerprint density at radius 1 is 0.824 bits per heavy atom. The van der Waals surface area contributed by atoms with Crippen molar-refractivity contribution >= 4 is 35.1 Å². The average molecular weight is 502 g/mol. The van der Waals surface area contributed by atoms with Gasteiger partial charge in [0, 0.05) is 21.2 Å². The van der Waals surface area contributed by atoms with Crippen LogP contribution in [-0.4, -0.2) is 30.1 Å². The summed E-state index contributed by atoms with van der Waals surface area (Å²) in [4.78, 5) is 30.1. The van der Waals surface area contributed by atoms with Crippen molar-refractivity contribution in [1.29, 1.82) is 0 Å². The molecule has 3 rings (SSSR count). The molecule has 8 heteroatoms. The van der Waals surface area contributed by atoms with Gasteiger partial charge in [0.1, 0.15) is 12.4 Å². The zero-order chi connectivity index (χ0) is 24.8. The minimum absolute atomic E-state index is 0.188. The molecule has 0 fully saturated rings. The maximum absolute atomic E-state index is 12.8. The number of rotatable bonds is 8. The number of hydrogen-bond donors (Lipinski definition) is 0. The summed E-state index contributed by atoms with van der Waals surface area (Å²) in [7, 11) is 0. The molecule has 0 aliphatic carbocycles. The Morgan fingerprint density at radius 2 is 1.32 bits per heavy atom. The predicted molar refractivity (Wildman–Crippen MR) is 132 cm³/mol. The molecular formula is C26H25Cl2NO5. The minimum atomic E-state index is -0.554. The second-order valence-corrected chi connectivity index (χ2v) is 8.18. The molecule has 0 saturated heterocycles. The van der Waals surface area contributed by atoms with Crippen LogP contribution in [0.5, 0.6) is 5.75 Å². The Balaban J connectivity index is 2.03. The quantitative estimate of drug-likeness (QED) is 0.323. The lowest BCUT2D eigenvalue weighted by molar-refractivity contribution is 0.0525. The highest BCUT2D eigenvalue weighted by Crippen LogP contribution is 2.34. The van der Waals surface area contributed by atoms with E-state index in [1.165, 1.54) is 0 Å². The van der Waals surface area contributed by atoms with E-state index in [9.17, 15) is 9.59 Å². The van der Waals surface area contributed by atoms with E-state index in [2.05, 4.69) is 4.98 Å². The molecule has 6 nitrogen and oxygen atoms in total. The summed E-state index contributed by atoms with van der Waals surface area (Å²) >= 11 is 12.4. The zero-order valence-electron chi connectivity index (χ0n) is 19.4. The third-order valence-corrected chi connectivity index (χ3v) is 5.81. The summed E-state index contributed by atoms with van der Waals surface area (Å²) in [6.07, 6.45) is 0. The monoisotopic (exact) mass is 501 g/mol. The van der Waals surface area contributed by atoms with Crippen LogP contribution in [0.2, 0.25) is 10.0 Å². The van der Waals surface area contributed by atoms with Crippen molar-refractivity contribution in [3.8, 4) is 16.9 Å². The highest BCUT2D eigenvalue weighted by atomic mass is 35.5. The van der Waals surface area contributed by atoms with Gasteiger partial charge in [-0.1, -0.05) is 41.4 Å². The van der Waals surface area contributed by atoms with Crippen LogP contribution in [0.25, 0.3) is 11.1 Å². The van der Waals surface area contributed by atoms with Gasteiger partial charge in [-0.2, -0.15) is 0 Å². The van der Waals surface area contributed by atoms with Crippen molar-refractivity contribution in [2.24, 2.45) is 0 Å². The fourth-order valence-corrected chi connectivity index (χ4v) is 4.10. The minimum Gasteiger partial charge on any atom is -0.489 e.